The van der Waals surface area contributed by atoms with Crippen molar-refractivity contribution in [2.24, 2.45) is 0 Å². The third-order valence-corrected chi connectivity index (χ3v) is 4.52. The minimum absolute atomic E-state index is 0.0865. The summed E-state index contributed by atoms with van der Waals surface area (Å²) in [5.41, 5.74) is -0.322. The summed E-state index contributed by atoms with van der Waals surface area (Å²) < 4.78 is 0. The summed E-state index contributed by atoms with van der Waals surface area (Å²) in [6.45, 7) is 4.98. The molecular weight excluding hydrogens is 210 g/mol. The van der Waals surface area contributed by atoms with Crippen molar-refractivity contribution in [3.8, 4) is 0 Å². The summed E-state index contributed by atoms with van der Waals surface area (Å²) in [6, 6.07) is -0.0865. The second kappa shape index (κ2) is 3.70. The Morgan fingerprint density at radius 2 is 2.47 bits per heavy atom. The molecule has 2 N–H and O–H groups in total. The number of hydrogen-bond acceptors (Lipinski definition) is 3. The average molecular weight is 227 g/mol. The summed E-state index contributed by atoms with van der Waals surface area (Å²) in [7, 11) is 0. The van der Waals surface area contributed by atoms with Gasteiger partial charge in [0, 0.05) is 17.5 Å². The van der Waals surface area contributed by atoms with E-state index in [-0.39, 0.29) is 11.6 Å². The van der Waals surface area contributed by atoms with Gasteiger partial charge in [0.1, 0.15) is 11.4 Å². The van der Waals surface area contributed by atoms with Crippen LogP contribution in [0, 0.1) is 5.41 Å². The van der Waals surface area contributed by atoms with E-state index < -0.39 is 0 Å². The lowest BCUT2D eigenvalue weighted by atomic mass is 9.94. The lowest BCUT2D eigenvalue weighted by Crippen LogP contribution is -2.50. The molecule has 2 fully saturated rings. The van der Waals surface area contributed by atoms with Crippen LogP contribution in [0.1, 0.15) is 26.7 Å². The molecule has 2 aliphatic heterocycles. The maximum absolute atomic E-state index is 11.7. The summed E-state index contributed by atoms with van der Waals surface area (Å²) in [4.78, 5) is 13.6. The Hall–Kier alpha value is -0.710. The van der Waals surface area contributed by atoms with Crippen molar-refractivity contribution >= 4 is 23.6 Å². The predicted octanol–water partition coefficient (Wildman–Crippen LogP) is 1.66. The second-order valence-corrected chi connectivity index (χ2v) is 5.74. The lowest BCUT2D eigenvalue weighted by molar-refractivity contribution is 0.180. The molecule has 2 saturated heterocycles. The standard InChI is InChI=1S/C10H17N3OS/c1-3-4-13-9(14)12-8(11)10(13)5-7(2)15-6-10/h7H,3-6H2,1-2H3,(H2,11,12,14). The SMILES string of the molecule is CCCN1C(=O)NC(=N)C12CSC(C)C2. The number of hydrogen-bond donors (Lipinski definition) is 2. The Labute approximate surface area is 94.3 Å². The molecule has 5 heteroatoms. The van der Waals surface area contributed by atoms with Crippen LogP contribution in [-0.4, -0.2) is 39.9 Å². The Balaban J connectivity index is 2.26. The van der Waals surface area contributed by atoms with E-state index in [1.165, 1.54) is 0 Å². The van der Waals surface area contributed by atoms with Gasteiger partial charge < -0.3 is 4.90 Å². The van der Waals surface area contributed by atoms with Crippen LogP contribution in [-0.2, 0) is 0 Å². The fourth-order valence-electron chi connectivity index (χ4n) is 2.40. The molecule has 1 spiro atoms. The van der Waals surface area contributed by atoms with Gasteiger partial charge in [0.05, 0.1) is 0 Å². The van der Waals surface area contributed by atoms with E-state index in [4.69, 9.17) is 5.41 Å². The van der Waals surface area contributed by atoms with Gasteiger partial charge in [-0.1, -0.05) is 13.8 Å². The highest BCUT2D eigenvalue weighted by molar-refractivity contribution is 8.00. The van der Waals surface area contributed by atoms with Crippen molar-refractivity contribution in [3.05, 3.63) is 0 Å². The smallest absolute Gasteiger partial charge is 0.311 e. The van der Waals surface area contributed by atoms with Gasteiger partial charge in [-0.05, 0) is 12.8 Å². The number of thioether (sulfide) groups is 1. The van der Waals surface area contributed by atoms with E-state index in [1.54, 1.807) is 0 Å². The van der Waals surface area contributed by atoms with Gasteiger partial charge in [0.2, 0.25) is 0 Å². The molecule has 2 rings (SSSR count). The van der Waals surface area contributed by atoms with Crippen LogP contribution >= 0.6 is 11.8 Å². The highest BCUT2D eigenvalue weighted by Crippen LogP contribution is 2.41. The number of carbonyl (C=O) groups excluding carboxylic acids is 1. The van der Waals surface area contributed by atoms with Gasteiger partial charge in [0.15, 0.2) is 0 Å². The molecule has 0 bridgehead atoms. The second-order valence-electron chi connectivity index (χ2n) is 4.31. The molecule has 84 valence electrons. The van der Waals surface area contributed by atoms with Gasteiger partial charge in [0.25, 0.3) is 0 Å². The zero-order valence-electron chi connectivity index (χ0n) is 9.17. The third-order valence-electron chi connectivity index (χ3n) is 3.14. The van der Waals surface area contributed by atoms with E-state index in [9.17, 15) is 4.79 Å². The zero-order chi connectivity index (χ0) is 11.1. The number of amides is 2. The van der Waals surface area contributed by atoms with Crippen LogP contribution in [0.15, 0.2) is 0 Å². The Bertz CT molecular complexity index is 307. The fraction of sp³-hybridized carbons (Fsp3) is 0.800. The fourth-order valence-corrected chi connectivity index (χ4v) is 3.77. The molecule has 2 heterocycles. The molecule has 0 aromatic carbocycles. The molecular formula is C10H17N3OS. The molecule has 4 nitrogen and oxygen atoms in total. The molecule has 0 aromatic heterocycles. The minimum atomic E-state index is -0.322. The molecule has 2 unspecified atom stereocenters. The quantitative estimate of drug-likeness (QED) is 0.754. The molecule has 15 heavy (non-hydrogen) atoms. The number of nitrogens with one attached hydrogen (secondary N) is 2. The van der Waals surface area contributed by atoms with Crippen LogP contribution in [0.4, 0.5) is 4.79 Å². The summed E-state index contributed by atoms with van der Waals surface area (Å²) in [5, 5.41) is 11.1. The predicted molar refractivity (Wildman–Crippen MR) is 62.5 cm³/mol. The van der Waals surface area contributed by atoms with Gasteiger partial charge in [-0.15, -0.1) is 0 Å². The van der Waals surface area contributed by atoms with Crippen LogP contribution in [0.5, 0.6) is 0 Å². The Kier molecular flexibility index (Phi) is 2.66. The monoisotopic (exact) mass is 227 g/mol. The number of carbonyl (C=O) groups is 1. The first kappa shape index (κ1) is 10.8. The molecule has 0 aliphatic carbocycles. The summed E-state index contributed by atoms with van der Waals surface area (Å²) in [6.07, 6.45) is 1.86. The van der Waals surface area contributed by atoms with Crippen molar-refractivity contribution in [1.82, 2.24) is 10.2 Å². The topological polar surface area (TPSA) is 56.2 Å². The number of rotatable bonds is 2. The van der Waals surface area contributed by atoms with Crippen molar-refractivity contribution in [2.45, 2.75) is 37.5 Å². The number of urea groups is 1. The Morgan fingerprint density at radius 1 is 1.73 bits per heavy atom. The van der Waals surface area contributed by atoms with Gasteiger partial charge >= 0.3 is 6.03 Å². The van der Waals surface area contributed by atoms with Crippen molar-refractivity contribution < 1.29 is 4.79 Å². The minimum Gasteiger partial charge on any atom is -0.311 e. The molecule has 0 radical (unpaired) electrons. The lowest BCUT2D eigenvalue weighted by Gasteiger charge is -2.32. The van der Waals surface area contributed by atoms with Crippen LogP contribution < -0.4 is 5.32 Å². The number of amidine groups is 1. The highest BCUT2D eigenvalue weighted by Gasteiger charge is 2.53. The van der Waals surface area contributed by atoms with Crippen molar-refractivity contribution in [1.29, 1.82) is 5.41 Å². The Morgan fingerprint density at radius 3 is 3.00 bits per heavy atom. The first-order valence-electron chi connectivity index (χ1n) is 5.39. The van der Waals surface area contributed by atoms with Crippen LogP contribution in [0.2, 0.25) is 0 Å². The van der Waals surface area contributed by atoms with Gasteiger partial charge in [-0.3, -0.25) is 10.7 Å². The van der Waals surface area contributed by atoms with E-state index in [0.29, 0.717) is 11.1 Å². The zero-order valence-corrected chi connectivity index (χ0v) is 9.99. The molecule has 2 aliphatic rings. The van der Waals surface area contributed by atoms with Gasteiger partial charge in [-0.2, -0.15) is 11.8 Å². The number of nitrogens with zero attached hydrogens (tertiary/aromatic N) is 1. The summed E-state index contributed by atoms with van der Waals surface area (Å²) >= 11 is 1.85. The maximum Gasteiger partial charge on any atom is 0.323 e. The largest absolute Gasteiger partial charge is 0.323 e. The van der Waals surface area contributed by atoms with E-state index >= 15 is 0 Å². The van der Waals surface area contributed by atoms with E-state index in [2.05, 4.69) is 19.2 Å². The maximum atomic E-state index is 11.7. The molecule has 0 aromatic rings. The van der Waals surface area contributed by atoms with E-state index in [0.717, 1.165) is 25.1 Å². The first-order valence-corrected chi connectivity index (χ1v) is 6.44. The van der Waals surface area contributed by atoms with Crippen molar-refractivity contribution in [3.63, 3.8) is 0 Å². The molecule has 0 saturated carbocycles. The van der Waals surface area contributed by atoms with E-state index in [1.807, 2.05) is 16.7 Å². The van der Waals surface area contributed by atoms with Crippen molar-refractivity contribution in [2.75, 3.05) is 12.3 Å². The van der Waals surface area contributed by atoms with Gasteiger partial charge in [-0.25, -0.2) is 4.79 Å². The summed E-state index contributed by atoms with van der Waals surface area (Å²) in [5.74, 6) is 1.27. The molecule has 2 atom stereocenters. The first-order chi connectivity index (χ1) is 7.10. The van der Waals surface area contributed by atoms with Crippen LogP contribution in [0.3, 0.4) is 0 Å². The van der Waals surface area contributed by atoms with Crippen LogP contribution in [0.25, 0.3) is 0 Å². The average Bonchev–Trinajstić information content (AvgIpc) is 2.65. The molecule has 2 amide bonds. The highest BCUT2D eigenvalue weighted by atomic mass is 32.2. The normalized spacial score (nSPS) is 35.3. The third kappa shape index (κ3) is 1.53.